The fraction of sp³-hybridized carbons (Fsp3) is 0.294. The van der Waals surface area contributed by atoms with Crippen molar-refractivity contribution in [2.24, 2.45) is 0 Å². The van der Waals surface area contributed by atoms with E-state index in [-0.39, 0.29) is 24.0 Å². The third-order valence-electron chi connectivity index (χ3n) is 3.97. The second-order valence-electron chi connectivity index (χ2n) is 6.18. The maximum Gasteiger partial charge on any atom is 0.240 e. The summed E-state index contributed by atoms with van der Waals surface area (Å²) in [6.07, 6.45) is 1.76. The third kappa shape index (κ3) is 3.41. The molecular formula is C17H21N5O3S. The van der Waals surface area contributed by atoms with E-state index in [0.717, 1.165) is 5.56 Å². The summed E-state index contributed by atoms with van der Waals surface area (Å²) in [6.45, 7) is 3.73. The Hall–Kier alpha value is -2.49. The molecule has 0 aliphatic rings. The van der Waals surface area contributed by atoms with Gasteiger partial charge in [-0.3, -0.25) is 0 Å². The number of rotatable bonds is 6. The summed E-state index contributed by atoms with van der Waals surface area (Å²) in [5.74, 6) is 0.596. The molecule has 3 aromatic rings. The molecule has 26 heavy (non-hydrogen) atoms. The van der Waals surface area contributed by atoms with E-state index >= 15 is 0 Å². The molecule has 0 saturated heterocycles. The smallest absolute Gasteiger partial charge is 0.240 e. The first kappa shape index (κ1) is 18.3. The van der Waals surface area contributed by atoms with Gasteiger partial charge in [-0.1, -0.05) is 26.0 Å². The quantitative estimate of drug-likeness (QED) is 0.598. The van der Waals surface area contributed by atoms with E-state index in [0.29, 0.717) is 22.7 Å². The van der Waals surface area contributed by atoms with Crippen LogP contribution in [0.3, 0.4) is 0 Å². The second-order valence-corrected chi connectivity index (χ2v) is 7.95. The average Bonchev–Trinajstić information content (AvgIpc) is 2.95. The number of nitrogen functional groups attached to an aromatic ring is 1. The number of nitrogens with zero attached hydrogens (tertiary/aromatic N) is 3. The standard InChI is InChI=1S/C17H21N5O3S/c1-11(2)15-16(18)21-22-8-6-14(20-17(15)22)12-4-3-5-13(10-12)26(24,25)19-7-9-23/h3-6,8,10-11,19,23H,7,9H2,1-2H3,(H2,18,21). The predicted octanol–water partition coefficient (Wildman–Crippen LogP) is 1.37. The molecule has 0 radical (unpaired) electrons. The van der Waals surface area contributed by atoms with Crippen molar-refractivity contribution in [2.45, 2.75) is 24.7 Å². The molecule has 0 saturated carbocycles. The molecule has 0 aliphatic heterocycles. The molecule has 0 unspecified atom stereocenters. The lowest BCUT2D eigenvalue weighted by Gasteiger charge is -2.08. The van der Waals surface area contributed by atoms with Gasteiger partial charge in [0.05, 0.1) is 17.2 Å². The van der Waals surface area contributed by atoms with Gasteiger partial charge in [0.1, 0.15) is 0 Å². The molecule has 2 aromatic heterocycles. The SMILES string of the molecule is CC(C)c1c(N)nn2ccc(-c3cccc(S(=O)(=O)NCCO)c3)nc12. The summed E-state index contributed by atoms with van der Waals surface area (Å²) >= 11 is 0. The molecule has 3 rings (SSSR count). The lowest BCUT2D eigenvalue weighted by molar-refractivity contribution is 0.301. The maximum atomic E-state index is 12.3. The Kier molecular flexibility index (Phi) is 4.94. The number of fused-ring (bicyclic) bond motifs is 1. The lowest BCUT2D eigenvalue weighted by Crippen LogP contribution is -2.26. The molecule has 0 spiro atoms. The summed E-state index contributed by atoms with van der Waals surface area (Å²) in [5.41, 5.74) is 8.79. The Morgan fingerprint density at radius 1 is 1.31 bits per heavy atom. The Balaban J connectivity index is 2.07. The van der Waals surface area contributed by atoms with Crippen molar-refractivity contribution < 1.29 is 13.5 Å². The van der Waals surface area contributed by atoms with Gasteiger partial charge >= 0.3 is 0 Å². The van der Waals surface area contributed by atoms with Crippen LogP contribution in [-0.4, -0.2) is 41.3 Å². The number of aliphatic hydroxyl groups excluding tert-OH is 1. The van der Waals surface area contributed by atoms with Crippen molar-refractivity contribution in [1.82, 2.24) is 19.3 Å². The fourth-order valence-electron chi connectivity index (χ4n) is 2.76. The van der Waals surface area contributed by atoms with Crippen LogP contribution in [0.2, 0.25) is 0 Å². The number of nitrogens with two attached hydrogens (primary N) is 1. The van der Waals surface area contributed by atoms with Crippen molar-refractivity contribution in [1.29, 1.82) is 0 Å². The Bertz CT molecular complexity index is 1040. The van der Waals surface area contributed by atoms with Crippen molar-refractivity contribution in [3.8, 4) is 11.3 Å². The van der Waals surface area contributed by atoms with Crippen LogP contribution >= 0.6 is 0 Å². The molecule has 0 fully saturated rings. The van der Waals surface area contributed by atoms with Crippen molar-refractivity contribution >= 4 is 21.5 Å². The first-order valence-corrected chi connectivity index (χ1v) is 9.67. The lowest BCUT2D eigenvalue weighted by atomic mass is 10.1. The minimum absolute atomic E-state index is 0.0381. The van der Waals surface area contributed by atoms with Crippen LogP contribution in [0.4, 0.5) is 5.82 Å². The largest absolute Gasteiger partial charge is 0.395 e. The van der Waals surface area contributed by atoms with Gasteiger partial charge in [-0.05, 0) is 24.1 Å². The predicted molar refractivity (Wildman–Crippen MR) is 99.2 cm³/mol. The van der Waals surface area contributed by atoms with E-state index in [9.17, 15) is 8.42 Å². The summed E-state index contributed by atoms with van der Waals surface area (Å²) in [4.78, 5) is 4.75. The van der Waals surface area contributed by atoms with Crippen LogP contribution in [0.25, 0.3) is 16.9 Å². The van der Waals surface area contributed by atoms with Crippen LogP contribution in [0.1, 0.15) is 25.3 Å². The van der Waals surface area contributed by atoms with Gasteiger partial charge in [0.15, 0.2) is 11.5 Å². The number of hydrogen-bond donors (Lipinski definition) is 3. The van der Waals surface area contributed by atoms with E-state index in [4.69, 9.17) is 10.8 Å². The highest BCUT2D eigenvalue weighted by Gasteiger charge is 2.17. The Labute approximate surface area is 151 Å². The number of anilines is 1. The molecule has 8 nitrogen and oxygen atoms in total. The van der Waals surface area contributed by atoms with Gasteiger partial charge in [-0.15, -0.1) is 5.10 Å². The van der Waals surface area contributed by atoms with Gasteiger partial charge in [0.2, 0.25) is 10.0 Å². The molecule has 0 aliphatic carbocycles. The minimum atomic E-state index is -3.69. The average molecular weight is 375 g/mol. The van der Waals surface area contributed by atoms with E-state index in [1.807, 2.05) is 13.8 Å². The zero-order valence-electron chi connectivity index (χ0n) is 14.5. The molecule has 1 aromatic carbocycles. The number of aromatic nitrogens is 3. The zero-order chi connectivity index (χ0) is 18.9. The summed E-state index contributed by atoms with van der Waals surface area (Å²) in [7, 11) is -3.69. The first-order chi connectivity index (χ1) is 12.3. The highest BCUT2D eigenvalue weighted by atomic mass is 32.2. The van der Waals surface area contributed by atoms with Crippen molar-refractivity contribution in [2.75, 3.05) is 18.9 Å². The van der Waals surface area contributed by atoms with E-state index < -0.39 is 10.0 Å². The van der Waals surface area contributed by atoms with Crippen LogP contribution in [0, 0.1) is 0 Å². The highest BCUT2D eigenvalue weighted by molar-refractivity contribution is 7.89. The van der Waals surface area contributed by atoms with Gasteiger partial charge in [0.25, 0.3) is 0 Å². The van der Waals surface area contributed by atoms with Gasteiger partial charge < -0.3 is 10.8 Å². The number of aliphatic hydroxyl groups is 1. The summed E-state index contributed by atoms with van der Waals surface area (Å²) < 4.78 is 28.5. The van der Waals surface area contributed by atoms with Gasteiger partial charge in [0, 0.05) is 23.9 Å². The zero-order valence-corrected chi connectivity index (χ0v) is 15.4. The van der Waals surface area contributed by atoms with Crippen molar-refractivity contribution in [3.05, 3.63) is 42.1 Å². The maximum absolute atomic E-state index is 12.3. The van der Waals surface area contributed by atoms with Crippen LogP contribution in [-0.2, 0) is 10.0 Å². The summed E-state index contributed by atoms with van der Waals surface area (Å²) in [6, 6.07) is 8.25. The van der Waals surface area contributed by atoms with Crippen LogP contribution < -0.4 is 10.5 Å². The Morgan fingerprint density at radius 2 is 2.08 bits per heavy atom. The van der Waals surface area contributed by atoms with E-state index in [2.05, 4.69) is 14.8 Å². The monoisotopic (exact) mass is 375 g/mol. The van der Waals surface area contributed by atoms with Crippen LogP contribution in [0.15, 0.2) is 41.4 Å². The number of sulfonamides is 1. The summed E-state index contributed by atoms with van der Waals surface area (Å²) in [5, 5.41) is 13.1. The first-order valence-electron chi connectivity index (χ1n) is 8.19. The third-order valence-corrected chi connectivity index (χ3v) is 5.43. The number of hydrogen-bond acceptors (Lipinski definition) is 6. The second kappa shape index (κ2) is 7.02. The van der Waals surface area contributed by atoms with Gasteiger partial charge in [-0.25, -0.2) is 22.6 Å². The minimum Gasteiger partial charge on any atom is -0.395 e. The van der Waals surface area contributed by atoms with Crippen LogP contribution in [0.5, 0.6) is 0 Å². The molecule has 9 heteroatoms. The van der Waals surface area contributed by atoms with Gasteiger partial charge in [-0.2, -0.15) is 0 Å². The van der Waals surface area contributed by atoms with E-state index in [1.54, 1.807) is 35.0 Å². The van der Waals surface area contributed by atoms with E-state index in [1.165, 1.54) is 6.07 Å². The molecule has 0 atom stereocenters. The fourth-order valence-corrected chi connectivity index (χ4v) is 3.83. The van der Waals surface area contributed by atoms with Crippen molar-refractivity contribution in [3.63, 3.8) is 0 Å². The Morgan fingerprint density at radius 3 is 2.77 bits per heavy atom. The molecule has 138 valence electrons. The molecule has 2 heterocycles. The number of nitrogens with one attached hydrogen (secondary N) is 1. The number of benzene rings is 1. The highest BCUT2D eigenvalue weighted by Crippen LogP contribution is 2.27. The molecular weight excluding hydrogens is 354 g/mol. The molecule has 0 amide bonds. The normalized spacial score (nSPS) is 12.2. The topological polar surface area (TPSA) is 123 Å². The molecule has 0 bridgehead atoms. The molecule has 4 N–H and O–H groups in total.